The molecule has 0 atom stereocenters. The maximum Gasteiger partial charge on any atom is 0.176 e. The second-order valence-corrected chi connectivity index (χ2v) is 4.21. The molecule has 76 valence electrons. The first-order chi connectivity index (χ1) is 6.52. The number of phenols is 2. The largest absolute Gasteiger partial charge is 0.504 e. The van der Waals surface area contributed by atoms with E-state index in [2.05, 4.69) is 0 Å². The lowest BCUT2D eigenvalue weighted by Crippen LogP contribution is -2.10. The van der Waals surface area contributed by atoms with Crippen LogP contribution in [-0.4, -0.2) is 20.9 Å². The van der Waals surface area contributed by atoms with Gasteiger partial charge in [-0.1, -0.05) is 17.7 Å². The predicted molar refractivity (Wildman–Crippen MR) is 52.7 cm³/mol. The van der Waals surface area contributed by atoms with Crippen molar-refractivity contribution in [2.24, 2.45) is 0 Å². The Balaban J connectivity index is 2.30. The summed E-state index contributed by atoms with van der Waals surface area (Å²) in [5, 5.41) is 28.6. The summed E-state index contributed by atoms with van der Waals surface area (Å²) in [6, 6.07) is 3.13. The molecule has 14 heavy (non-hydrogen) atoms. The molecular formula is C10H11ClO3. The lowest BCUT2D eigenvalue weighted by atomic mass is 10.1. The van der Waals surface area contributed by atoms with E-state index in [1.807, 2.05) is 0 Å². The van der Waals surface area contributed by atoms with E-state index in [9.17, 15) is 15.3 Å². The normalized spacial score (nSPS) is 18.1. The Morgan fingerprint density at radius 1 is 1.21 bits per heavy atom. The Morgan fingerprint density at radius 2 is 1.86 bits per heavy atom. The maximum absolute atomic E-state index is 9.64. The number of rotatable bonds is 2. The van der Waals surface area contributed by atoms with Gasteiger partial charge < -0.3 is 15.3 Å². The minimum atomic E-state index is -0.683. The molecule has 0 spiro atoms. The minimum absolute atomic E-state index is 0.119. The third-order valence-corrected chi connectivity index (χ3v) is 2.84. The summed E-state index contributed by atoms with van der Waals surface area (Å²) < 4.78 is 0. The third kappa shape index (κ3) is 1.65. The van der Waals surface area contributed by atoms with Gasteiger partial charge in [-0.25, -0.2) is 0 Å². The van der Waals surface area contributed by atoms with Crippen molar-refractivity contribution in [3.8, 4) is 11.5 Å². The van der Waals surface area contributed by atoms with Gasteiger partial charge in [0.1, 0.15) is 0 Å². The van der Waals surface area contributed by atoms with Crippen LogP contribution in [0, 0.1) is 0 Å². The molecule has 0 unspecified atom stereocenters. The molecule has 3 nitrogen and oxygen atoms in total. The van der Waals surface area contributed by atoms with E-state index < -0.39 is 5.60 Å². The predicted octanol–water partition coefficient (Wildman–Crippen LogP) is 1.82. The highest BCUT2D eigenvalue weighted by atomic mass is 35.5. The molecule has 0 aliphatic heterocycles. The second kappa shape index (κ2) is 3.04. The number of hydrogen-bond donors (Lipinski definition) is 3. The van der Waals surface area contributed by atoms with Crippen molar-refractivity contribution in [2.45, 2.75) is 24.9 Å². The number of benzene rings is 1. The lowest BCUT2D eigenvalue weighted by Gasteiger charge is -2.10. The fourth-order valence-electron chi connectivity index (χ4n) is 1.42. The van der Waals surface area contributed by atoms with Crippen LogP contribution < -0.4 is 0 Å². The van der Waals surface area contributed by atoms with Crippen LogP contribution >= 0.6 is 11.6 Å². The number of halogens is 1. The van der Waals surface area contributed by atoms with Crippen LogP contribution in [0.25, 0.3) is 0 Å². The maximum atomic E-state index is 9.64. The summed E-state index contributed by atoms with van der Waals surface area (Å²) in [6.07, 6.45) is 1.86. The molecular weight excluding hydrogens is 204 g/mol. The van der Waals surface area contributed by atoms with Gasteiger partial charge in [0.15, 0.2) is 11.5 Å². The zero-order chi connectivity index (χ0) is 10.3. The van der Waals surface area contributed by atoms with Crippen LogP contribution in [0.15, 0.2) is 12.1 Å². The molecule has 1 saturated carbocycles. The molecule has 1 aliphatic rings. The second-order valence-electron chi connectivity index (χ2n) is 3.80. The quantitative estimate of drug-likeness (QED) is 0.659. The first-order valence-electron chi connectivity index (χ1n) is 4.43. The van der Waals surface area contributed by atoms with Crippen molar-refractivity contribution in [3.63, 3.8) is 0 Å². The SMILES string of the molecule is Oc1c(Cl)ccc(CC2(O)CC2)c1O. The smallest absolute Gasteiger partial charge is 0.176 e. The molecule has 1 aromatic carbocycles. The molecule has 0 aromatic heterocycles. The molecule has 0 bridgehead atoms. The Bertz CT molecular complexity index is 372. The highest BCUT2D eigenvalue weighted by molar-refractivity contribution is 6.32. The summed E-state index contributed by atoms with van der Waals surface area (Å²) in [7, 11) is 0. The molecule has 1 aliphatic carbocycles. The van der Waals surface area contributed by atoms with Crippen LogP contribution in [0.1, 0.15) is 18.4 Å². The van der Waals surface area contributed by atoms with Gasteiger partial charge in [-0.15, -0.1) is 0 Å². The van der Waals surface area contributed by atoms with Gasteiger partial charge in [-0.3, -0.25) is 0 Å². The Labute approximate surface area is 86.6 Å². The summed E-state index contributed by atoms with van der Waals surface area (Å²) in [6.45, 7) is 0. The van der Waals surface area contributed by atoms with Crippen molar-refractivity contribution in [1.29, 1.82) is 0 Å². The van der Waals surface area contributed by atoms with Gasteiger partial charge >= 0.3 is 0 Å². The number of aromatic hydroxyl groups is 2. The minimum Gasteiger partial charge on any atom is -0.504 e. The molecule has 2 rings (SSSR count). The fourth-order valence-corrected chi connectivity index (χ4v) is 1.57. The average Bonchev–Trinajstić information content (AvgIpc) is 2.86. The van der Waals surface area contributed by atoms with Crippen molar-refractivity contribution >= 4 is 11.6 Å². The van der Waals surface area contributed by atoms with Gasteiger partial charge in [0.05, 0.1) is 10.6 Å². The van der Waals surface area contributed by atoms with Crippen LogP contribution in [0.4, 0.5) is 0 Å². The third-order valence-electron chi connectivity index (χ3n) is 2.53. The molecule has 0 heterocycles. The van der Waals surface area contributed by atoms with Gasteiger partial charge in [0.25, 0.3) is 0 Å². The van der Waals surface area contributed by atoms with E-state index in [1.165, 1.54) is 6.07 Å². The molecule has 0 saturated heterocycles. The van der Waals surface area contributed by atoms with Crippen LogP contribution in [0.5, 0.6) is 11.5 Å². The van der Waals surface area contributed by atoms with E-state index in [0.717, 1.165) is 12.8 Å². The van der Waals surface area contributed by atoms with Gasteiger partial charge in [-0.05, 0) is 18.9 Å². The summed E-state index contributed by atoms with van der Waals surface area (Å²) in [4.78, 5) is 0. The van der Waals surface area contributed by atoms with Crippen LogP contribution in [0.3, 0.4) is 0 Å². The van der Waals surface area contributed by atoms with Gasteiger partial charge in [0, 0.05) is 12.0 Å². The van der Waals surface area contributed by atoms with Crippen molar-refractivity contribution in [1.82, 2.24) is 0 Å². The van der Waals surface area contributed by atoms with E-state index >= 15 is 0 Å². The first-order valence-corrected chi connectivity index (χ1v) is 4.81. The molecule has 4 heteroatoms. The standard InChI is InChI=1S/C10H11ClO3/c11-7-2-1-6(8(12)9(7)13)5-10(14)3-4-10/h1-2,12-14H,3-5H2. The first kappa shape index (κ1) is 9.62. The van der Waals surface area contributed by atoms with Gasteiger partial charge in [-0.2, -0.15) is 0 Å². The Hall–Kier alpha value is -0.930. The van der Waals surface area contributed by atoms with Crippen LogP contribution in [0.2, 0.25) is 5.02 Å². The van der Waals surface area contributed by atoms with Crippen LogP contribution in [-0.2, 0) is 6.42 Å². The molecule has 3 N–H and O–H groups in total. The van der Waals surface area contributed by atoms with E-state index in [0.29, 0.717) is 12.0 Å². The molecule has 1 fully saturated rings. The highest BCUT2D eigenvalue weighted by Gasteiger charge is 2.40. The summed E-state index contributed by atoms with van der Waals surface area (Å²) in [5.74, 6) is -0.536. The molecule has 0 amide bonds. The van der Waals surface area contributed by atoms with E-state index in [-0.39, 0.29) is 16.5 Å². The fraction of sp³-hybridized carbons (Fsp3) is 0.400. The zero-order valence-electron chi connectivity index (χ0n) is 7.50. The van der Waals surface area contributed by atoms with Crippen molar-refractivity contribution in [3.05, 3.63) is 22.7 Å². The van der Waals surface area contributed by atoms with E-state index in [4.69, 9.17) is 11.6 Å². The molecule has 0 radical (unpaired) electrons. The summed E-state index contributed by atoms with van der Waals surface area (Å²) >= 11 is 5.60. The number of aliphatic hydroxyl groups is 1. The Morgan fingerprint density at radius 3 is 2.43 bits per heavy atom. The highest BCUT2D eigenvalue weighted by Crippen LogP contribution is 2.43. The lowest BCUT2D eigenvalue weighted by molar-refractivity contribution is 0.150. The van der Waals surface area contributed by atoms with Crippen molar-refractivity contribution in [2.75, 3.05) is 0 Å². The average molecular weight is 215 g/mol. The van der Waals surface area contributed by atoms with Gasteiger partial charge in [0.2, 0.25) is 0 Å². The van der Waals surface area contributed by atoms with E-state index in [1.54, 1.807) is 6.07 Å². The summed E-state index contributed by atoms with van der Waals surface area (Å²) in [5.41, 5.74) is -0.149. The topological polar surface area (TPSA) is 60.7 Å². The number of phenolic OH excluding ortho intramolecular Hbond substituents is 2. The Kier molecular flexibility index (Phi) is 2.09. The molecule has 1 aromatic rings. The number of hydrogen-bond acceptors (Lipinski definition) is 3. The van der Waals surface area contributed by atoms with Crippen molar-refractivity contribution < 1.29 is 15.3 Å². The monoisotopic (exact) mass is 214 g/mol. The zero-order valence-corrected chi connectivity index (χ0v) is 8.25.